The third kappa shape index (κ3) is 5.45. The number of hydrogen-bond donors (Lipinski definition) is 3. The molecule has 0 amide bonds. The van der Waals surface area contributed by atoms with Gasteiger partial charge in [-0.1, -0.05) is 36.4 Å². The highest BCUT2D eigenvalue weighted by Gasteiger charge is 2.39. The minimum absolute atomic E-state index is 0.0571. The van der Waals surface area contributed by atoms with Crippen LogP contribution in [0.3, 0.4) is 0 Å². The summed E-state index contributed by atoms with van der Waals surface area (Å²) < 4.78 is 6.11. The number of para-hydroxylation sites is 1. The summed E-state index contributed by atoms with van der Waals surface area (Å²) in [6.07, 6.45) is 8.05. The van der Waals surface area contributed by atoms with Crippen molar-refractivity contribution in [2.75, 3.05) is 12.1 Å². The molecule has 6 heteroatoms. The van der Waals surface area contributed by atoms with E-state index in [9.17, 15) is 5.11 Å². The molecular weight excluding hydrogens is 412 g/mol. The van der Waals surface area contributed by atoms with Crippen LogP contribution in [0.5, 0.6) is 11.5 Å². The molecule has 0 radical (unpaired) electrons. The maximum atomic E-state index is 10.7. The van der Waals surface area contributed by atoms with E-state index >= 15 is 0 Å². The molecule has 2 heterocycles. The van der Waals surface area contributed by atoms with Gasteiger partial charge in [0.05, 0.1) is 0 Å². The Kier molecular flexibility index (Phi) is 6.30. The van der Waals surface area contributed by atoms with Gasteiger partial charge in [0.1, 0.15) is 29.6 Å². The molecule has 1 saturated heterocycles. The van der Waals surface area contributed by atoms with Crippen molar-refractivity contribution in [2.24, 2.45) is 0 Å². The average Bonchev–Trinajstić information content (AvgIpc) is 2.76. The molecule has 2 aromatic carbocycles. The number of ether oxygens (including phenoxy) is 1. The first kappa shape index (κ1) is 23.1. The van der Waals surface area contributed by atoms with Gasteiger partial charge in [-0.3, -0.25) is 10.4 Å². The lowest BCUT2D eigenvalue weighted by Gasteiger charge is -2.50. The third-order valence-corrected chi connectivity index (χ3v) is 6.28. The number of aromatic hydroxyl groups is 1. The summed E-state index contributed by atoms with van der Waals surface area (Å²) in [5.74, 6) is 1.75. The quantitative estimate of drug-likeness (QED) is 0.585. The second-order valence-corrected chi connectivity index (χ2v) is 10.3. The summed E-state index contributed by atoms with van der Waals surface area (Å²) in [6.45, 7) is 9.49. The number of nitrogens with zero attached hydrogens (tertiary/aromatic N) is 2. The Morgan fingerprint density at radius 3 is 2.42 bits per heavy atom. The molecule has 0 aromatic heterocycles. The highest BCUT2D eigenvalue weighted by molar-refractivity contribution is 5.68. The maximum Gasteiger partial charge on any atom is 0.149 e. The highest BCUT2D eigenvalue weighted by Crippen LogP contribution is 2.38. The van der Waals surface area contributed by atoms with Crippen molar-refractivity contribution in [3.63, 3.8) is 0 Å². The number of hydrazine groups is 1. The minimum atomic E-state index is 0.0571. The lowest BCUT2D eigenvalue weighted by atomic mass is 9.79. The fourth-order valence-electron chi connectivity index (χ4n) is 5.09. The smallest absolute Gasteiger partial charge is 0.149 e. The molecule has 2 aliphatic heterocycles. The van der Waals surface area contributed by atoms with Gasteiger partial charge in [0, 0.05) is 30.4 Å². The predicted octanol–water partition coefficient (Wildman–Crippen LogP) is 4.89. The molecule has 0 atom stereocenters. The van der Waals surface area contributed by atoms with E-state index in [1.54, 1.807) is 12.1 Å². The summed E-state index contributed by atoms with van der Waals surface area (Å²) >= 11 is 0. The van der Waals surface area contributed by atoms with E-state index in [0.29, 0.717) is 24.1 Å². The highest BCUT2D eigenvalue weighted by atomic mass is 16.5. The topological polar surface area (TPSA) is 60.0 Å². The van der Waals surface area contributed by atoms with Gasteiger partial charge in [0.25, 0.3) is 0 Å². The fourth-order valence-corrected chi connectivity index (χ4v) is 5.09. The zero-order valence-electron chi connectivity index (χ0n) is 20.3. The molecule has 0 unspecified atom stereocenters. The van der Waals surface area contributed by atoms with Gasteiger partial charge >= 0.3 is 0 Å². The first-order valence-electron chi connectivity index (χ1n) is 11.6. The van der Waals surface area contributed by atoms with E-state index < -0.39 is 0 Å². The first-order chi connectivity index (χ1) is 15.6. The molecule has 6 nitrogen and oxygen atoms in total. The van der Waals surface area contributed by atoms with Crippen LogP contribution >= 0.6 is 0 Å². The number of allylic oxidation sites excluding steroid dienone is 2. The molecule has 0 aliphatic carbocycles. The molecule has 33 heavy (non-hydrogen) atoms. The van der Waals surface area contributed by atoms with E-state index in [0.717, 1.165) is 24.2 Å². The van der Waals surface area contributed by atoms with Crippen LogP contribution in [0.15, 0.2) is 72.7 Å². The van der Waals surface area contributed by atoms with E-state index in [1.807, 2.05) is 53.7 Å². The monoisotopic (exact) mass is 448 g/mol. The third-order valence-electron chi connectivity index (χ3n) is 6.28. The summed E-state index contributed by atoms with van der Waals surface area (Å²) in [5.41, 5.74) is 5.26. The molecule has 176 valence electrons. The molecule has 3 N–H and O–H groups in total. The number of rotatable bonds is 6. The minimum Gasteiger partial charge on any atom is -0.506 e. The normalized spacial score (nSPS) is 19.5. The lowest BCUT2D eigenvalue weighted by molar-refractivity contribution is 0.0948. The summed E-state index contributed by atoms with van der Waals surface area (Å²) in [6, 6.07) is 15.8. The van der Waals surface area contributed by atoms with Crippen molar-refractivity contribution in [1.29, 1.82) is 0 Å². The largest absolute Gasteiger partial charge is 0.506 e. The molecule has 1 fully saturated rings. The standard InChI is InChI=1S/C27H36N4O2/c1-26(2)17-21(18-27(3,4)29-26)30(5)24-15-10-16-31(28-24)25-22(32)13-9-14-23(25)33-19-20-11-7-6-8-12-20/h6-16,21,28-29,32H,17-19H2,1-5H3. The van der Waals surface area contributed by atoms with Gasteiger partial charge in [-0.25, -0.2) is 0 Å². The number of piperidine rings is 1. The van der Waals surface area contributed by atoms with Crippen LogP contribution in [0.2, 0.25) is 0 Å². The van der Waals surface area contributed by atoms with Crippen LogP contribution in [0.25, 0.3) is 0 Å². The van der Waals surface area contributed by atoms with Crippen molar-refractivity contribution in [3.8, 4) is 11.5 Å². The fraction of sp³-hybridized carbons (Fsp3) is 0.407. The number of phenols is 1. The lowest BCUT2D eigenvalue weighted by Crippen LogP contribution is -2.62. The van der Waals surface area contributed by atoms with Crippen molar-refractivity contribution >= 4 is 5.69 Å². The van der Waals surface area contributed by atoms with E-state index in [4.69, 9.17) is 4.74 Å². The van der Waals surface area contributed by atoms with Gasteiger partial charge in [-0.15, -0.1) is 0 Å². The maximum absolute atomic E-state index is 10.7. The molecule has 4 rings (SSSR count). The molecule has 0 saturated carbocycles. The number of benzene rings is 2. The summed E-state index contributed by atoms with van der Waals surface area (Å²) in [4.78, 5) is 2.31. The molecule has 0 spiro atoms. The summed E-state index contributed by atoms with van der Waals surface area (Å²) in [5, 5.41) is 16.3. The van der Waals surface area contributed by atoms with Crippen molar-refractivity contribution < 1.29 is 9.84 Å². The van der Waals surface area contributed by atoms with Crippen LogP contribution in [-0.4, -0.2) is 34.2 Å². The molecule has 0 bridgehead atoms. The van der Waals surface area contributed by atoms with Crippen molar-refractivity contribution in [3.05, 3.63) is 78.3 Å². The van der Waals surface area contributed by atoms with Crippen molar-refractivity contribution in [2.45, 2.75) is 64.3 Å². The van der Waals surface area contributed by atoms with Crippen LogP contribution < -0.4 is 20.5 Å². The van der Waals surface area contributed by atoms with Gasteiger partial charge < -0.3 is 20.1 Å². The predicted molar refractivity (Wildman–Crippen MR) is 134 cm³/mol. The molecule has 2 aromatic rings. The Labute approximate surface area is 197 Å². The Morgan fingerprint density at radius 1 is 1.03 bits per heavy atom. The van der Waals surface area contributed by atoms with E-state index in [2.05, 4.69) is 56.5 Å². The Hall–Kier alpha value is -3.12. The Morgan fingerprint density at radius 2 is 1.73 bits per heavy atom. The molecular formula is C27H36N4O2. The Bertz CT molecular complexity index is 1010. The number of hydrogen-bond acceptors (Lipinski definition) is 6. The zero-order valence-corrected chi connectivity index (χ0v) is 20.3. The Balaban J connectivity index is 1.52. The van der Waals surface area contributed by atoms with Crippen LogP contribution in [-0.2, 0) is 6.61 Å². The average molecular weight is 449 g/mol. The van der Waals surface area contributed by atoms with E-state index in [-0.39, 0.29) is 16.8 Å². The van der Waals surface area contributed by atoms with Crippen molar-refractivity contribution in [1.82, 2.24) is 15.6 Å². The van der Waals surface area contributed by atoms with E-state index in [1.165, 1.54) is 0 Å². The summed E-state index contributed by atoms with van der Waals surface area (Å²) in [7, 11) is 2.13. The van der Waals surface area contributed by atoms with Crippen LogP contribution in [0.4, 0.5) is 5.69 Å². The second kappa shape index (κ2) is 9.02. The number of nitrogens with one attached hydrogen (secondary N) is 2. The van der Waals surface area contributed by atoms with Gasteiger partial charge in [-0.05, 0) is 70.4 Å². The van der Waals surface area contributed by atoms with Gasteiger partial charge in [-0.2, -0.15) is 0 Å². The SMILES string of the molecule is CN(C1=CC=CN(c2c(O)cccc2OCc2ccccc2)N1)C1CC(C)(C)NC(C)(C)C1. The number of anilines is 1. The van der Waals surface area contributed by atoms with Gasteiger partial charge in [0.2, 0.25) is 0 Å². The second-order valence-electron chi connectivity index (χ2n) is 10.3. The number of phenolic OH excluding ortho intramolecular Hbond substituents is 1. The zero-order chi connectivity index (χ0) is 23.6. The van der Waals surface area contributed by atoms with Crippen LogP contribution in [0, 0.1) is 0 Å². The van der Waals surface area contributed by atoms with Crippen LogP contribution in [0.1, 0.15) is 46.1 Å². The first-order valence-corrected chi connectivity index (χ1v) is 11.6. The molecule has 2 aliphatic rings. The van der Waals surface area contributed by atoms with Gasteiger partial charge in [0.15, 0.2) is 0 Å².